The third kappa shape index (κ3) is 4.19. The molecule has 5 aliphatic rings. The summed E-state index contributed by atoms with van der Waals surface area (Å²) in [7, 11) is 0. The Bertz CT molecular complexity index is 1040. The van der Waals surface area contributed by atoms with E-state index in [-0.39, 0.29) is 29.3 Å². The van der Waals surface area contributed by atoms with Crippen LogP contribution in [0.4, 0.5) is 4.79 Å². The fourth-order valence-electron chi connectivity index (χ4n) is 8.55. The van der Waals surface area contributed by atoms with E-state index >= 15 is 0 Å². The van der Waals surface area contributed by atoms with E-state index in [2.05, 4.69) is 19.2 Å². The molecule has 5 rings (SSSR count). The summed E-state index contributed by atoms with van der Waals surface area (Å²) < 4.78 is 18.3. The van der Waals surface area contributed by atoms with Crippen molar-refractivity contribution in [2.75, 3.05) is 25.2 Å². The number of amides is 1. The van der Waals surface area contributed by atoms with E-state index in [0.717, 1.165) is 30.6 Å². The van der Waals surface area contributed by atoms with Gasteiger partial charge in [-0.2, -0.15) is 11.8 Å². The zero-order chi connectivity index (χ0) is 27.3. The van der Waals surface area contributed by atoms with Gasteiger partial charge in [-0.25, -0.2) is 4.79 Å². The predicted octanol–water partition coefficient (Wildman–Crippen LogP) is 3.81. The highest BCUT2D eigenvalue weighted by Crippen LogP contribution is 2.69. The molecular weight excluding hydrogens is 506 g/mol. The number of rotatable bonds is 8. The number of carbonyl (C=O) groups excluding carboxylic acids is 3. The van der Waals surface area contributed by atoms with Crippen LogP contribution in [0.2, 0.25) is 0 Å². The first kappa shape index (κ1) is 27.9. The Kier molecular flexibility index (Phi) is 7.61. The molecule has 0 aromatic rings. The molecule has 0 radical (unpaired) electrons. The van der Waals surface area contributed by atoms with Crippen molar-refractivity contribution in [3.8, 4) is 0 Å². The molecule has 0 spiro atoms. The first-order chi connectivity index (χ1) is 18.1. The largest absolute Gasteiger partial charge is 0.441 e. The van der Waals surface area contributed by atoms with Gasteiger partial charge in [0.05, 0.1) is 12.2 Å². The summed E-state index contributed by atoms with van der Waals surface area (Å²) in [6.45, 7) is 6.32. The number of nitrogens with one attached hydrogen (secondary N) is 1. The molecule has 0 aromatic heterocycles. The second-order valence-electron chi connectivity index (χ2n) is 12.1. The molecule has 1 aliphatic heterocycles. The van der Waals surface area contributed by atoms with Crippen LogP contribution in [0.5, 0.6) is 0 Å². The predicted molar refractivity (Wildman–Crippen MR) is 144 cm³/mol. The minimum Gasteiger partial charge on any atom is -0.441 e. The second-order valence-corrected chi connectivity index (χ2v) is 13.0. The molecule has 2 N–H and O–H groups in total. The molecule has 3 saturated carbocycles. The number of allylic oxidation sites excluding steroid dienone is 4. The van der Waals surface area contributed by atoms with Crippen LogP contribution in [-0.4, -0.2) is 72.0 Å². The summed E-state index contributed by atoms with van der Waals surface area (Å²) in [6, 6.07) is 0. The van der Waals surface area contributed by atoms with Gasteiger partial charge < -0.3 is 24.6 Å². The van der Waals surface area contributed by atoms with Gasteiger partial charge in [0.2, 0.25) is 5.78 Å². The number of ketones is 2. The highest BCUT2D eigenvalue weighted by Gasteiger charge is 2.75. The summed E-state index contributed by atoms with van der Waals surface area (Å²) in [5, 5.41) is 14.4. The van der Waals surface area contributed by atoms with Crippen LogP contribution in [0.25, 0.3) is 0 Å². The molecule has 9 atom stereocenters. The molecule has 4 fully saturated rings. The van der Waals surface area contributed by atoms with E-state index in [0.29, 0.717) is 25.8 Å². The van der Waals surface area contributed by atoms with Crippen molar-refractivity contribution >= 4 is 29.4 Å². The number of carbonyl (C=O) groups is 3. The van der Waals surface area contributed by atoms with Gasteiger partial charge in [0.1, 0.15) is 0 Å². The van der Waals surface area contributed by atoms with Gasteiger partial charge in [-0.3, -0.25) is 9.59 Å². The molecule has 8 nitrogen and oxygen atoms in total. The van der Waals surface area contributed by atoms with Crippen molar-refractivity contribution in [3.05, 3.63) is 23.8 Å². The van der Waals surface area contributed by atoms with Crippen LogP contribution in [-0.2, 0) is 23.8 Å². The van der Waals surface area contributed by atoms with Gasteiger partial charge in [-0.15, -0.1) is 0 Å². The molecular formula is C29H41NO7S. The SMILES string of the molecule is CCCC1O[C@@H]2CC3[C@@H]4CCC5=CC(=O)C=C[C@]5(C)C4[C@@H](O)C[C@]3(C)[C@]2(C(=O)COC(=O)NCCSC)O1. The molecule has 0 aromatic carbocycles. The third-order valence-electron chi connectivity index (χ3n) is 10.1. The Morgan fingerprint density at radius 1 is 1.32 bits per heavy atom. The average Bonchev–Trinajstić information content (AvgIpc) is 3.35. The smallest absolute Gasteiger partial charge is 0.407 e. The van der Waals surface area contributed by atoms with Crippen molar-refractivity contribution in [2.24, 2.45) is 28.6 Å². The van der Waals surface area contributed by atoms with Crippen LogP contribution in [0.3, 0.4) is 0 Å². The van der Waals surface area contributed by atoms with Crippen molar-refractivity contribution in [3.63, 3.8) is 0 Å². The van der Waals surface area contributed by atoms with Crippen LogP contribution >= 0.6 is 11.8 Å². The van der Waals surface area contributed by atoms with E-state index in [1.807, 2.05) is 19.3 Å². The molecule has 210 valence electrons. The summed E-state index contributed by atoms with van der Waals surface area (Å²) >= 11 is 1.61. The van der Waals surface area contributed by atoms with Crippen LogP contribution in [0.15, 0.2) is 23.8 Å². The highest BCUT2D eigenvalue weighted by molar-refractivity contribution is 7.98. The van der Waals surface area contributed by atoms with Crippen molar-refractivity contribution in [2.45, 2.75) is 83.4 Å². The highest BCUT2D eigenvalue weighted by atomic mass is 32.2. The molecule has 3 unspecified atom stereocenters. The number of thioether (sulfide) groups is 1. The molecule has 1 heterocycles. The molecule has 4 aliphatic carbocycles. The van der Waals surface area contributed by atoms with Gasteiger partial charge in [0, 0.05) is 29.0 Å². The first-order valence-electron chi connectivity index (χ1n) is 14.0. The summed E-state index contributed by atoms with van der Waals surface area (Å²) in [6.07, 6.45) is 9.25. The van der Waals surface area contributed by atoms with Gasteiger partial charge in [0.25, 0.3) is 0 Å². The van der Waals surface area contributed by atoms with Gasteiger partial charge in [-0.05, 0) is 62.3 Å². The molecule has 0 bridgehead atoms. The maximum atomic E-state index is 14.0. The minimum atomic E-state index is -1.28. The lowest BCUT2D eigenvalue weighted by molar-refractivity contribution is -0.200. The zero-order valence-corrected chi connectivity index (χ0v) is 23.7. The maximum Gasteiger partial charge on any atom is 0.407 e. The summed E-state index contributed by atoms with van der Waals surface area (Å²) in [4.78, 5) is 38.4. The number of ether oxygens (including phenoxy) is 3. The van der Waals surface area contributed by atoms with E-state index < -0.39 is 47.6 Å². The lowest BCUT2D eigenvalue weighted by Gasteiger charge is -2.59. The maximum absolute atomic E-state index is 14.0. The molecule has 1 saturated heterocycles. The first-order valence-corrected chi connectivity index (χ1v) is 15.4. The Morgan fingerprint density at radius 3 is 2.84 bits per heavy atom. The van der Waals surface area contributed by atoms with Crippen molar-refractivity contribution in [1.82, 2.24) is 5.32 Å². The molecule has 1 amide bonds. The lowest BCUT2D eigenvalue weighted by atomic mass is 9.46. The number of fused-ring (bicyclic) bond motifs is 7. The Labute approximate surface area is 229 Å². The molecule has 9 heteroatoms. The van der Waals surface area contributed by atoms with E-state index in [1.54, 1.807) is 23.9 Å². The quantitative estimate of drug-likeness (QED) is 0.442. The standard InChI is InChI=1S/C29H41NO7S/c1-5-6-24-36-23-14-20-19-8-7-17-13-18(31)9-10-27(17,2)25(19)21(32)15-28(20,3)29(23,37-24)22(33)16-35-26(34)30-11-12-38-4/h9-10,13,19-21,23-25,32H,5-8,11-12,14-16H2,1-4H3,(H,30,34)/t19-,20?,21-,23+,24?,25?,27-,28-,29+/m0/s1. The molecule has 38 heavy (non-hydrogen) atoms. The normalized spacial score (nSPS) is 43.0. The van der Waals surface area contributed by atoms with Crippen molar-refractivity contribution < 1.29 is 33.7 Å². The number of aliphatic hydroxyl groups is 1. The van der Waals surface area contributed by atoms with Gasteiger partial charge in [0.15, 0.2) is 24.3 Å². The Balaban J connectivity index is 1.44. The number of aliphatic hydroxyl groups excluding tert-OH is 1. The summed E-state index contributed by atoms with van der Waals surface area (Å²) in [5.41, 5.74) is -1.26. The fraction of sp³-hybridized carbons (Fsp3) is 0.759. The second kappa shape index (κ2) is 10.4. The fourth-order valence-corrected chi connectivity index (χ4v) is 8.86. The average molecular weight is 548 g/mol. The van der Waals surface area contributed by atoms with E-state index in [1.165, 1.54) is 0 Å². The van der Waals surface area contributed by atoms with Gasteiger partial charge >= 0.3 is 6.09 Å². The van der Waals surface area contributed by atoms with Crippen LogP contribution in [0.1, 0.15) is 59.3 Å². The summed E-state index contributed by atoms with van der Waals surface area (Å²) in [5.74, 6) is 0.652. The number of Topliss-reactive ketones (excluding diaryl/α,β-unsaturated/α-hetero) is 1. The van der Waals surface area contributed by atoms with Crippen LogP contribution in [0, 0.1) is 28.6 Å². The minimum absolute atomic E-state index is 0.00672. The Morgan fingerprint density at radius 2 is 2.11 bits per heavy atom. The topological polar surface area (TPSA) is 111 Å². The van der Waals surface area contributed by atoms with Gasteiger partial charge in [-0.1, -0.05) is 38.8 Å². The third-order valence-corrected chi connectivity index (χ3v) is 10.7. The van der Waals surface area contributed by atoms with E-state index in [9.17, 15) is 19.5 Å². The number of alkyl carbamates (subject to hydrolysis) is 1. The van der Waals surface area contributed by atoms with E-state index in [4.69, 9.17) is 14.2 Å². The monoisotopic (exact) mass is 547 g/mol. The lowest BCUT2D eigenvalue weighted by Crippen LogP contribution is -2.63. The van der Waals surface area contributed by atoms with Crippen LogP contribution < -0.4 is 5.32 Å². The Hall–Kier alpha value is -1.68. The van der Waals surface area contributed by atoms with Crippen molar-refractivity contribution in [1.29, 1.82) is 0 Å². The number of hydrogen-bond donors (Lipinski definition) is 2. The zero-order valence-electron chi connectivity index (χ0n) is 22.9. The number of hydrogen-bond acceptors (Lipinski definition) is 8.